The van der Waals surface area contributed by atoms with Gasteiger partial charge < -0.3 is 16.4 Å². The van der Waals surface area contributed by atoms with Crippen molar-refractivity contribution in [3.05, 3.63) is 70.8 Å². The number of allylic oxidation sites excluding steroid dienone is 3. The van der Waals surface area contributed by atoms with Gasteiger partial charge in [-0.3, -0.25) is 0 Å². The van der Waals surface area contributed by atoms with Gasteiger partial charge in [-0.15, -0.1) is 0 Å². The molecule has 0 radical (unpaired) electrons. The highest BCUT2D eigenvalue weighted by atomic mass is 35.5. The quantitative estimate of drug-likeness (QED) is 0.812. The summed E-state index contributed by atoms with van der Waals surface area (Å²) >= 11 is 6.15. The zero-order valence-corrected chi connectivity index (χ0v) is 12.1. The summed E-state index contributed by atoms with van der Waals surface area (Å²) in [4.78, 5) is 1.97. The van der Waals surface area contributed by atoms with Crippen LogP contribution >= 0.6 is 11.6 Å². The maximum atomic E-state index is 6.15. The monoisotopic (exact) mass is 277 g/mol. The summed E-state index contributed by atoms with van der Waals surface area (Å²) in [5, 5.41) is 0.737. The maximum absolute atomic E-state index is 6.15. The summed E-state index contributed by atoms with van der Waals surface area (Å²) in [5.41, 5.74) is 14.6. The highest BCUT2D eigenvalue weighted by molar-refractivity contribution is 6.31. The van der Waals surface area contributed by atoms with Crippen molar-refractivity contribution in [2.75, 3.05) is 0 Å². The lowest BCUT2D eigenvalue weighted by Gasteiger charge is -2.21. The van der Waals surface area contributed by atoms with Gasteiger partial charge >= 0.3 is 0 Å². The smallest absolute Gasteiger partial charge is 0.0519 e. The normalized spacial score (nSPS) is 12.9. The standard InChI is InChI=1S/C15H20ClN3/c1-4-19(11(2)9-15(18)12(3)17)10-13-7-5-6-8-14(13)16/h4-9H,1,10,17-18H2,2-3H3/b11-9-,15-12-. The second-order valence-corrected chi connectivity index (χ2v) is 4.73. The van der Waals surface area contributed by atoms with Gasteiger partial charge in [-0.2, -0.15) is 0 Å². The molecule has 3 nitrogen and oxygen atoms in total. The van der Waals surface area contributed by atoms with Gasteiger partial charge in [0.1, 0.15) is 0 Å². The Balaban J connectivity index is 2.94. The van der Waals surface area contributed by atoms with E-state index in [9.17, 15) is 0 Å². The van der Waals surface area contributed by atoms with Crippen molar-refractivity contribution in [1.29, 1.82) is 0 Å². The van der Waals surface area contributed by atoms with Crippen molar-refractivity contribution >= 4 is 11.6 Å². The van der Waals surface area contributed by atoms with Crippen molar-refractivity contribution in [1.82, 2.24) is 4.90 Å². The number of nitrogens with two attached hydrogens (primary N) is 2. The van der Waals surface area contributed by atoms with Crippen LogP contribution < -0.4 is 11.5 Å². The first-order valence-corrected chi connectivity index (χ1v) is 6.36. The van der Waals surface area contributed by atoms with Gasteiger partial charge in [0.2, 0.25) is 0 Å². The molecule has 4 heteroatoms. The first kappa shape index (κ1) is 15.2. The van der Waals surface area contributed by atoms with E-state index in [1.807, 2.05) is 42.2 Å². The Labute approximate surface area is 119 Å². The molecule has 1 rings (SSSR count). The third kappa shape index (κ3) is 4.38. The van der Waals surface area contributed by atoms with Crippen LogP contribution in [0.5, 0.6) is 0 Å². The van der Waals surface area contributed by atoms with Crippen LogP contribution in [0.3, 0.4) is 0 Å². The SMILES string of the molecule is C=CN(Cc1ccccc1Cl)/C(C)=C\C(N)=C(/C)N. The lowest BCUT2D eigenvalue weighted by atomic mass is 10.2. The Morgan fingerprint density at radius 3 is 2.47 bits per heavy atom. The minimum atomic E-state index is 0.559. The minimum absolute atomic E-state index is 0.559. The molecule has 0 aliphatic rings. The Morgan fingerprint density at radius 1 is 1.32 bits per heavy atom. The van der Waals surface area contributed by atoms with Gasteiger partial charge in [0.15, 0.2) is 0 Å². The molecule has 0 bridgehead atoms. The topological polar surface area (TPSA) is 55.3 Å². The molecular formula is C15H20ClN3. The second kappa shape index (κ2) is 6.90. The van der Waals surface area contributed by atoms with Crippen LogP contribution in [0.2, 0.25) is 5.02 Å². The van der Waals surface area contributed by atoms with Crippen molar-refractivity contribution < 1.29 is 0 Å². The molecule has 4 N–H and O–H groups in total. The van der Waals surface area contributed by atoms with Gasteiger partial charge in [0.25, 0.3) is 0 Å². The maximum Gasteiger partial charge on any atom is 0.0519 e. The van der Waals surface area contributed by atoms with Crippen LogP contribution in [0.15, 0.2) is 60.2 Å². The van der Waals surface area contributed by atoms with E-state index in [1.54, 1.807) is 13.1 Å². The van der Waals surface area contributed by atoms with Crippen molar-refractivity contribution in [3.63, 3.8) is 0 Å². The van der Waals surface area contributed by atoms with Gasteiger partial charge in [0.05, 0.1) is 5.70 Å². The molecule has 0 aliphatic heterocycles. The Kier molecular flexibility index (Phi) is 5.52. The summed E-state index contributed by atoms with van der Waals surface area (Å²) in [6.45, 7) is 8.18. The molecule has 0 saturated heterocycles. The molecule has 1 aromatic rings. The van der Waals surface area contributed by atoms with E-state index in [-0.39, 0.29) is 0 Å². The molecule has 0 aromatic heterocycles. The van der Waals surface area contributed by atoms with E-state index in [0.717, 1.165) is 16.3 Å². The molecule has 0 amide bonds. The molecule has 0 fully saturated rings. The molecule has 19 heavy (non-hydrogen) atoms. The van der Waals surface area contributed by atoms with E-state index in [4.69, 9.17) is 23.1 Å². The first-order valence-electron chi connectivity index (χ1n) is 5.98. The third-order valence-electron chi connectivity index (χ3n) is 2.79. The number of rotatable bonds is 5. The largest absolute Gasteiger partial charge is 0.401 e. The predicted octanol–water partition coefficient (Wildman–Crippen LogP) is 3.34. The summed E-state index contributed by atoms with van der Waals surface area (Å²) in [6, 6.07) is 7.72. The van der Waals surface area contributed by atoms with E-state index in [1.165, 1.54) is 0 Å². The van der Waals surface area contributed by atoms with Gasteiger partial charge in [-0.1, -0.05) is 36.4 Å². The molecule has 0 spiro atoms. The summed E-state index contributed by atoms with van der Waals surface area (Å²) in [7, 11) is 0. The molecule has 0 unspecified atom stereocenters. The fourth-order valence-electron chi connectivity index (χ4n) is 1.57. The first-order chi connectivity index (χ1) is 8.95. The lowest BCUT2D eigenvalue weighted by molar-refractivity contribution is 0.461. The highest BCUT2D eigenvalue weighted by Gasteiger charge is 2.06. The van der Waals surface area contributed by atoms with Crippen molar-refractivity contribution in [2.45, 2.75) is 20.4 Å². The molecule has 0 heterocycles. The predicted molar refractivity (Wildman–Crippen MR) is 82.0 cm³/mol. The van der Waals surface area contributed by atoms with Crippen molar-refractivity contribution in [3.8, 4) is 0 Å². The Bertz CT molecular complexity index is 514. The summed E-state index contributed by atoms with van der Waals surface area (Å²) in [6.07, 6.45) is 3.57. The number of hydrogen-bond donors (Lipinski definition) is 2. The average Bonchev–Trinajstić information content (AvgIpc) is 2.37. The van der Waals surface area contributed by atoms with Crippen LogP contribution in [0.25, 0.3) is 0 Å². The zero-order valence-electron chi connectivity index (χ0n) is 11.4. The molecule has 102 valence electrons. The molecule has 1 aromatic carbocycles. The van der Waals surface area contributed by atoms with Crippen LogP contribution in [0.4, 0.5) is 0 Å². The minimum Gasteiger partial charge on any atom is -0.401 e. The fourth-order valence-corrected chi connectivity index (χ4v) is 1.76. The number of halogens is 1. The summed E-state index contributed by atoms with van der Waals surface area (Å²) < 4.78 is 0. The van der Waals surface area contributed by atoms with Crippen LogP contribution in [-0.2, 0) is 6.54 Å². The van der Waals surface area contributed by atoms with E-state index < -0.39 is 0 Å². The molecular weight excluding hydrogens is 258 g/mol. The highest BCUT2D eigenvalue weighted by Crippen LogP contribution is 2.19. The van der Waals surface area contributed by atoms with Crippen LogP contribution in [0.1, 0.15) is 19.4 Å². The fraction of sp³-hybridized carbons (Fsp3) is 0.200. The summed E-state index contributed by atoms with van der Waals surface area (Å²) in [5.74, 6) is 0. The Hall–Kier alpha value is -1.87. The second-order valence-electron chi connectivity index (χ2n) is 4.33. The van der Waals surface area contributed by atoms with Gasteiger partial charge in [0, 0.05) is 23.0 Å². The lowest BCUT2D eigenvalue weighted by Crippen LogP contribution is -2.16. The Morgan fingerprint density at radius 2 is 1.95 bits per heavy atom. The number of hydrogen-bond acceptors (Lipinski definition) is 3. The van der Waals surface area contributed by atoms with Crippen molar-refractivity contribution in [2.24, 2.45) is 11.5 Å². The number of benzene rings is 1. The van der Waals surface area contributed by atoms with E-state index in [2.05, 4.69) is 6.58 Å². The number of nitrogens with zero attached hydrogens (tertiary/aromatic N) is 1. The third-order valence-corrected chi connectivity index (χ3v) is 3.16. The van der Waals surface area contributed by atoms with E-state index >= 15 is 0 Å². The van der Waals surface area contributed by atoms with Crippen LogP contribution in [-0.4, -0.2) is 4.90 Å². The van der Waals surface area contributed by atoms with Gasteiger partial charge in [-0.25, -0.2) is 0 Å². The molecule has 0 saturated carbocycles. The average molecular weight is 278 g/mol. The zero-order chi connectivity index (χ0) is 14.4. The van der Waals surface area contributed by atoms with Gasteiger partial charge in [-0.05, 0) is 37.8 Å². The molecule has 0 aliphatic carbocycles. The molecule has 0 atom stereocenters. The van der Waals surface area contributed by atoms with Crippen LogP contribution in [0, 0.1) is 0 Å². The van der Waals surface area contributed by atoms with E-state index in [0.29, 0.717) is 17.9 Å².